The first-order valence-corrected chi connectivity index (χ1v) is 7.18. The maximum Gasteiger partial charge on any atom is 0.0828 e. The number of aromatic nitrogens is 3. The lowest BCUT2D eigenvalue weighted by Crippen LogP contribution is -2.02. The Morgan fingerprint density at radius 1 is 0.941 bits per heavy atom. The van der Waals surface area contributed by atoms with Gasteiger partial charge in [0.2, 0.25) is 0 Å². The highest BCUT2D eigenvalue weighted by Crippen LogP contribution is 2.06. The summed E-state index contributed by atoms with van der Waals surface area (Å²) in [5, 5.41) is 8.04. The Hall–Kier alpha value is -0.860. The molecule has 0 saturated carbocycles. The molecule has 3 heteroatoms. The van der Waals surface area contributed by atoms with E-state index < -0.39 is 0 Å². The summed E-state index contributed by atoms with van der Waals surface area (Å²) in [6, 6.07) is 0. The molecule has 17 heavy (non-hydrogen) atoms. The quantitative estimate of drug-likeness (QED) is 0.774. The SMILES string of the molecule is CC.CC.CC.CCCc1c(C)nnn1CC. The first-order valence-electron chi connectivity index (χ1n) is 7.18. The van der Waals surface area contributed by atoms with Gasteiger partial charge in [-0.15, -0.1) is 5.10 Å². The molecule has 0 aliphatic carbocycles. The van der Waals surface area contributed by atoms with E-state index >= 15 is 0 Å². The van der Waals surface area contributed by atoms with Crippen molar-refractivity contribution in [3.05, 3.63) is 11.4 Å². The summed E-state index contributed by atoms with van der Waals surface area (Å²) in [5.41, 5.74) is 2.36. The van der Waals surface area contributed by atoms with Gasteiger partial charge in [-0.1, -0.05) is 60.1 Å². The molecule has 0 aliphatic heterocycles. The van der Waals surface area contributed by atoms with Gasteiger partial charge in [0.1, 0.15) is 0 Å². The Labute approximate surface area is 109 Å². The molecule has 0 unspecified atom stereocenters. The minimum absolute atomic E-state index is 0.927. The topological polar surface area (TPSA) is 30.7 Å². The molecule has 0 radical (unpaired) electrons. The zero-order valence-electron chi connectivity index (χ0n) is 13.5. The van der Waals surface area contributed by atoms with E-state index in [0.29, 0.717) is 0 Å². The van der Waals surface area contributed by atoms with Crippen LogP contribution in [0.2, 0.25) is 0 Å². The molecular weight excluding hydrogens is 210 g/mol. The molecule has 0 N–H and O–H groups in total. The fourth-order valence-corrected chi connectivity index (χ4v) is 1.22. The minimum Gasteiger partial charge on any atom is -0.249 e. The summed E-state index contributed by atoms with van der Waals surface area (Å²) in [6.45, 7) is 19.2. The van der Waals surface area contributed by atoms with Crippen LogP contribution in [0.3, 0.4) is 0 Å². The van der Waals surface area contributed by atoms with Crippen LogP contribution in [-0.2, 0) is 13.0 Å². The fourth-order valence-electron chi connectivity index (χ4n) is 1.22. The highest BCUT2D eigenvalue weighted by molar-refractivity contribution is 5.07. The van der Waals surface area contributed by atoms with Crippen LogP contribution < -0.4 is 0 Å². The molecule has 0 atom stereocenters. The standard InChI is InChI=1S/C8H15N3.3C2H6/c1-4-6-8-7(3)9-10-11(8)5-2;3*1-2/h4-6H2,1-3H3;3*1-2H3. The second kappa shape index (κ2) is 17.5. The van der Waals surface area contributed by atoms with E-state index in [1.807, 2.05) is 53.1 Å². The van der Waals surface area contributed by atoms with Gasteiger partial charge in [0.15, 0.2) is 0 Å². The van der Waals surface area contributed by atoms with Gasteiger partial charge in [-0.2, -0.15) is 0 Å². The molecule has 0 aliphatic rings. The van der Waals surface area contributed by atoms with Gasteiger partial charge in [0.05, 0.1) is 11.4 Å². The van der Waals surface area contributed by atoms with Crippen molar-refractivity contribution in [2.24, 2.45) is 0 Å². The van der Waals surface area contributed by atoms with E-state index in [0.717, 1.165) is 25.1 Å². The molecule has 3 nitrogen and oxygen atoms in total. The van der Waals surface area contributed by atoms with Crippen molar-refractivity contribution in [3.8, 4) is 0 Å². The van der Waals surface area contributed by atoms with Gasteiger partial charge in [-0.25, -0.2) is 4.68 Å². The normalized spacial score (nSPS) is 7.82. The number of aryl methyl sites for hydroxylation is 2. The molecule has 0 spiro atoms. The third kappa shape index (κ3) is 8.90. The predicted molar refractivity (Wildman–Crippen MR) is 78.5 cm³/mol. The van der Waals surface area contributed by atoms with Gasteiger partial charge in [-0.3, -0.25) is 0 Å². The minimum atomic E-state index is 0.927. The Morgan fingerprint density at radius 2 is 1.41 bits per heavy atom. The number of nitrogens with zero attached hydrogens (tertiary/aromatic N) is 3. The molecule has 0 aromatic carbocycles. The summed E-state index contributed by atoms with van der Waals surface area (Å²) >= 11 is 0. The van der Waals surface area contributed by atoms with E-state index in [-0.39, 0.29) is 0 Å². The lowest BCUT2D eigenvalue weighted by atomic mass is 10.2. The monoisotopic (exact) mass is 243 g/mol. The number of hydrogen-bond acceptors (Lipinski definition) is 2. The molecule has 0 bridgehead atoms. The maximum absolute atomic E-state index is 4.02. The third-order valence-electron chi connectivity index (χ3n) is 1.82. The molecule has 1 aromatic rings. The van der Waals surface area contributed by atoms with Crippen molar-refractivity contribution < 1.29 is 0 Å². The first kappa shape index (κ1) is 21.4. The highest BCUT2D eigenvalue weighted by atomic mass is 15.4. The average molecular weight is 243 g/mol. The van der Waals surface area contributed by atoms with Gasteiger partial charge < -0.3 is 0 Å². The van der Waals surface area contributed by atoms with Gasteiger partial charge >= 0.3 is 0 Å². The predicted octanol–water partition coefficient (Wildman–Crippen LogP) is 4.64. The van der Waals surface area contributed by atoms with Crippen molar-refractivity contribution in [1.82, 2.24) is 15.0 Å². The second-order valence-corrected chi connectivity index (χ2v) is 2.69. The molecule has 104 valence electrons. The largest absolute Gasteiger partial charge is 0.249 e. The van der Waals surface area contributed by atoms with Crippen LogP contribution in [0.5, 0.6) is 0 Å². The van der Waals surface area contributed by atoms with Crippen LogP contribution in [0.1, 0.15) is 73.2 Å². The van der Waals surface area contributed by atoms with Crippen LogP contribution >= 0.6 is 0 Å². The molecular formula is C14H33N3. The summed E-state index contributed by atoms with van der Waals surface area (Å²) in [7, 11) is 0. The van der Waals surface area contributed by atoms with Crippen LogP contribution in [0.25, 0.3) is 0 Å². The second-order valence-electron chi connectivity index (χ2n) is 2.69. The Balaban J connectivity index is -0.000000285. The van der Waals surface area contributed by atoms with Crippen LogP contribution in [0, 0.1) is 6.92 Å². The van der Waals surface area contributed by atoms with E-state index in [4.69, 9.17) is 0 Å². The Morgan fingerprint density at radius 3 is 1.76 bits per heavy atom. The van der Waals surface area contributed by atoms with E-state index in [9.17, 15) is 0 Å². The summed E-state index contributed by atoms with van der Waals surface area (Å²) < 4.78 is 1.97. The fraction of sp³-hybridized carbons (Fsp3) is 0.857. The zero-order valence-corrected chi connectivity index (χ0v) is 13.5. The highest BCUT2D eigenvalue weighted by Gasteiger charge is 2.05. The van der Waals surface area contributed by atoms with Crippen LogP contribution in [0.15, 0.2) is 0 Å². The Kier molecular flexibility index (Phi) is 22.1. The lowest BCUT2D eigenvalue weighted by Gasteiger charge is -2.00. The van der Waals surface area contributed by atoms with Crippen molar-refractivity contribution in [2.45, 2.75) is 81.7 Å². The van der Waals surface area contributed by atoms with Gasteiger partial charge in [0.25, 0.3) is 0 Å². The number of rotatable bonds is 3. The molecule has 1 aromatic heterocycles. The van der Waals surface area contributed by atoms with E-state index in [1.54, 1.807) is 0 Å². The summed E-state index contributed by atoms with van der Waals surface area (Å²) in [4.78, 5) is 0. The van der Waals surface area contributed by atoms with Gasteiger partial charge in [0, 0.05) is 6.54 Å². The van der Waals surface area contributed by atoms with Crippen molar-refractivity contribution >= 4 is 0 Å². The van der Waals surface area contributed by atoms with Crippen LogP contribution in [0.4, 0.5) is 0 Å². The molecule has 1 rings (SSSR count). The molecule has 0 amide bonds. The van der Waals surface area contributed by atoms with E-state index in [1.165, 1.54) is 5.69 Å². The molecule has 0 saturated heterocycles. The Bertz CT molecular complexity index is 229. The summed E-state index contributed by atoms with van der Waals surface area (Å²) in [6.07, 6.45) is 2.25. The molecule has 0 fully saturated rings. The van der Waals surface area contributed by atoms with Crippen molar-refractivity contribution in [1.29, 1.82) is 0 Å². The zero-order chi connectivity index (χ0) is 14.3. The number of hydrogen-bond donors (Lipinski definition) is 0. The maximum atomic E-state index is 4.02. The smallest absolute Gasteiger partial charge is 0.0828 e. The van der Waals surface area contributed by atoms with Crippen LogP contribution in [-0.4, -0.2) is 15.0 Å². The third-order valence-corrected chi connectivity index (χ3v) is 1.82. The van der Waals surface area contributed by atoms with E-state index in [2.05, 4.69) is 24.2 Å². The van der Waals surface area contributed by atoms with Crippen molar-refractivity contribution in [3.63, 3.8) is 0 Å². The summed E-state index contributed by atoms with van der Waals surface area (Å²) in [5.74, 6) is 0. The average Bonchev–Trinajstić information content (AvgIpc) is 2.78. The first-order chi connectivity index (χ1) is 8.29. The van der Waals surface area contributed by atoms with Crippen molar-refractivity contribution in [2.75, 3.05) is 0 Å². The lowest BCUT2D eigenvalue weighted by molar-refractivity contribution is 0.593. The molecule has 1 heterocycles. The van der Waals surface area contributed by atoms with Gasteiger partial charge in [-0.05, 0) is 20.3 Å².